The van der Waals surface area contributed by atoms with Gasteiger partial charge in [-0.15, -0.1) is 0 Å². The zero-order valence-corrected chi connectivity index (χ0v) is 21.1. The quantitative estimate of drug-likeness (QED) is 0.419. The van der Waals surface area contributed by atoms with Crippen LogP contribution in [-0.4, -0.2) is 28.8 Å². The lowest BCUT2D eigenvalue weighted by atomic mass is 10.00. The fraction of sp³-hybridized carbons (Fsp3) is 0.333. The molecule has 0 aliphatic carbocycles. The Bertz CT molecular complexity index is 1130. The van der Waals surface area contributed by atoms with Crippen LogP contribution in [0, 0.1) is 19.7 Å². The maximum atomic E-state index is 14.7. The van der Waals surface area contributed by atoms with E-state index >= 15 is 0 Å². The summed E-state index contributed by atoms with van der Waals surface area (Å²) in [6.45, 7) is 7.95. The Morgan fingerprint density at radius 3 is 2.17 bits per heavy atom. The second-order valence-corrected chi connectivity index (χ2v) is 9.31. The zero-order valence-electron chi connectivity index (χ0n) is 21.1. The highest BCUT2D eigenvalue weighted by atomic mass is 19.1. The van der Waals surface area contributed by atoms with Crippen molar-refractivity contribution in [3.8, 4) is 0 Å². The number of amides is 2. The summed E-state index contributed by atoms with van der Waals surface area (Å²) >= 11 is 0. The van der Waals surface area contributed by atoms with Crippen LogP contribution in [0.3, 0.4) is 0 Å². The van der Waals surface area contributed by atoms with Gasteiger partial charge in [0.1, 0.15) is 11.9 Å². The molecule has 0 heterocycles. The van der Waals surface area contributed by atoms with Crippen molar-refractivity contribution in [3.63, 3.8) is 0 Å². The topological polar surface area (TPSA) is 49.4 Å². The van der Waals surface area contributed by atoms with Gasteiger partial charge in [-0.1, -0.05) is 84.8 Å². The molecule has 3 aromatic rings. The van der Waals surface area contributed by atoms with Crippen LogP contribution in [-0.2, 0) is 29.0 Å². The van der Waals surface area contributed by atoms with Gasteiger partial charge in [0, 0.05) is 24.6 Å². The predicted octanol–water partition coefficient (Wildman–Crippen LogP) is 5.54. The minimum atomic E-state index is -0.774. The van der Waals surface area contributed by atoms with Crippen molar-refractivity contribution in [3.05, 3.63) is 106 Å². The van der Waals surface area contributed by atoms with Crippen molar-refractivity contribution >= 4 is 11.8 Å². The largest absolute Gasteiger partial charge is 0.352 e. The first-order chi connectivity index (χ1) is 16.8. The fourth-order valence-corrected chi connectivity index (χ4v) is 4.25. The summed E-state index contributed by atoms with van der Waals surface area (Å²) in [5.41, 5.74) is 4.35. The summed E-state index contributed by atoms with van der Waals surface area (Å²) in [6, 6.07) is 21.3. The number of halogens is 1. The molecular weight excluding hydrogens is 439 g/mol. The molecule has 4 nitrogen and oxygen atoms in total. The molecule has 0 unspecified atom stereocenters. The third-order valence-electron chi connectivity index (χ3n) is 6.21. The van der Waals surface area contributed by atoms with E-state index in [4.69, 9.17) is 0 Å². The second kappa shape index (κ2) is 12.3. The van der Waals surface area contributed by atoms with Gasteiger partial charge in [0.25, 0.3) is 0 Å². The molecule has 3 aromatic carbocycles. The molecular formula is C30H35FN2O2. The Hall–Kier alpha value is -3.47. The number of hydrogen-bond donors (Lipinski definition) is 1. The summed E-state index contributed by atoms with van der Waals surface area (Å²) < 4.78 is 14.7. The number of nitrogens with one attached hydrogen (secondary N) is 1. The van der Waals surface area contributed by atoms with Gasteiger partial charge < -0.3 is 10.2 Å². The van der Waals surface area contributed by atoms with E-state index in [-0.39, 0.29) is 30.8 Å². The number of rotatable bonds is 10. The average molecular weight is 475 g/mol. The number of carbonyl (C=O) groups excluding carboxylic acids is 2. The molecule has 1 N–H and O–H groups in total. The smallest absolute Gasteiger partial charge is 0.243 e. The fourth-order valence-electron chi connectivity index (χ4n) is 4.25. The van der Waals surface area contributed by atoms with Crippen molar-refractivity contribution in [2.24, 2.45) is 0 Å². The SMILES string of the molecule is CC[C@@H](C)NC(=O)[C@H](Cc1ccccc1)N(Cc1ccccc1F)C(=O)Cc1cc(C)cc(C)c1. The Balaban J connectivity index is 2.00. The maximum Gasteiger partial charge on any atom is 0.243 e. The van der Waals surface area contributed by atoms with Gasteiger partial charge in [-0.2, -0.15) is 0 Å². The lowest BCUT2D eigenvalue weighted by molar-refractivity contribution is -0.141. The minimum absolute atomic E-state index is 0.0156. The molecule has 0 spiro atoms. The highest BCUT2D eigenvalue weighted by molar-refractivity contribution is 5.89. The Morgan fingerprint density at radius 2 is 1.54 bits per heavy atom. The first-order valence-electron chi connectivity index (χ1n) is 12.2. The third kappa shape index (κ3) is 7.51. The Kier molecular flexibility index (Phi) is 9.18. The van der Waals surface area contributed by atoms with E-state index < -0.39 is 11.9 Å². The predicted molar refractivity (Wildman–Crippen MR) is 138 cm³/mol. The monoisotopic (exact) mass is 474 g/mol. The average Bonchev–Trinajstić information content (AvgIpc) is 2.82. The van der Waals surface area contributed by atoms with Crippen molar-refractivity contribution in [2.75, 3.05) is 0 Å². The first kappa shape index (κ1) is 26.1. The summed E-state index contributed by atoms with van der Waals surface area (Å²) in [4.78, 5) is 28.8. The molecule has 0 fully saturated rings. The highest BCUT2D eigenvalue weighted by Crippen LogP contribution is 2.19. The number of benzene rings is 3. The third-order valence-corrected chi connectivity index (χ3v) is 6.21. The Labute approximate surface area is 208 Å². The van der Waals surface area contributed by atoms with E-state index in [1.165, 1.54) is 6.07 Å². The van der Waals surface area contributed by atoms with E-state index in [0.717, 1.165) is 28.7 Å². The van der Waals surface area contributed by atoms with Gasteiger partial charge in [-0.25, -0.2) is 4.39 Å². The molecule has 2 atom stereocenters. The molecule has 184 valence electrons. The van der Waals surface area contributed by atoms with Crippen LogP contribution < -0.4 is 5.32 Å². The van der Waals surface area contributed by atoms with Crippen LogP contribution in [0.4, 0.5) is 4.39 Å². The van der Waals surface area contributed by atoms with Crippen LogP contribution in [0.5, 0.6) is 0 Å². The summed E-state index contributed by atoms with van der Waals surface area (Å²) in [5, 5.41) is 3.04. The molecule has 35 heavy (non-hydrogen) atoms. The first-order valence-corrected chi connectivity index (χ1v) is 12.2. The van der Waals surface area contributed by atoms with Crippen LogP contribution >= 0.6 is 0 Å². The Morgan fingerprint density at radius 1 is 0.914 bits per heavy atom. The van der Waals surface area contributed by atoms with E-state index in [1.807, 2.05) is 70.2 Å². The van der Waals surface area contributed by atoms with Crippen molar-refractivity contribution < 1.29 is 14.0 Å². The molecule has 0 aliphatic heterocycles. The summed E-state index contributed by atoms with van der Waals surface area (Å²) in [5.74, 6) is -0.829. The van der Waals surface area contributed by atoms with E-state index in [2.05, 4.69) is 11.4 Å². The number of aryl methyl sites for hydroxylation is 2. The van der Waals surface area contributed by atoms with E-state index in [9.17, 15) is 14.0 Å². The van der Waals surface area contributed by atoms with Gasteiger partial charge in [0.05, 0.1) is 6.42 Å². The van der Waals surface area contributed by atoms with Crippen LogP contribution in [0.15, 0.2) is 72.8 Å². The van der Waals surface area contributed by atoms with Crippen LogP contribution in [0.2, 0.25) is 0 Å². The van der Waals surface area contributed by atoms with Crippen molar-refractivity contribution in [1.29, 1.82) is 0 Å². The molecule has 0 saturated heterocycles. The van der Waals surface area contributed by atoms with Crippen LogP contribution in [0.1, 0.15) is 48.1 Å². The van der Waals surface area contributed by atoms with Gasteiger partial charge in [-0.3, -0.25) is 9.59 Å². The standard InChI is InChI=1S/C30H35FN2O2/c1-5-23(4)32-30(35)28(18-24-11-7-6-8-12-24)33(20-26-13-9-10-14-27(26)31)29(34)19-25-16-21(2)15-22(3)17-25/h6-17,23,28H,5,18-20H2,1-4H3,(H,32,35)/t23-,28+/m1/s1. The molecule has 0 aliphatic rings. The normalized spacial score (nSPS) is 12.6. The molecule has 0 radical (unpaired) electrons. The lowest BCUT2D eigenvalue weighted by Gasteiger charge is -2.32. The minimum Gasteiger partial charge on any atom is -0.352 e. The summed E-state index contributed by atoms with van der Waals surface area (Å²) in [7, 11) is 0. The molecule has 3 rings (SSSR count). The lowest BCUT2D eigenvalue weighted by Crippen LogP contribution is -2.52. The van der Waals surface area contributed by atoms with Gasteiger partial charge in [-0.05, 0) is 44.4 Å². The van der Waals surface area contributed by atoms with Gasteiger partial charge in [0.2, 0.25) is 11.8 Å². The van der Waals surface area contributed by atoms with Gasteiger partial charge in [0.15, 0.2) is 0 Å². The number of nitrogens with zero attached hydrogens (tertiary/aromatic N) is 1. The van der Waals surface area contributed by atoms with Crippen LogP contribution in [0.25, 0.3) is 0 Å². The van der Waals surface area contributed by atoms with Crippen molar-refractivity contribution in [2.45, 2.75) is 65.6 Å². The summed E-state index contributed by atoms with van der Waals surface area (Å²) in [6.07, 6.45) is 1.25. The number of hydrogen-bond acceptors (Lipinski definition) is 2. The highest BCUT2D eigenvalue weighted by Gasteiger charge is 2.31. The van der Waals surface area contributed by atoms with Crippen molar-refractivity contribution in [1.82, 2.24) is 10.2 Å². The molecule has 0 aromatic heterocycles. The molecule has 5 heteroatoms. The molecule has 2 amide bonds. The zero-order chi connectivity index (χ0) is 25.4. The second-order valence-electron chi connectivity index (χ2n) is 9.31. The van der Waals surface area contributed by atoms with E-state index in [1.54, 1.807) is 23.1 Å². The molecule has 0 bridgehead atoms. The van der Waals surface area contributed by atoms with E-state index in [0.29, 0.717) is 12.0 Å². The van der Waals surface area contributed by atoms with Gasteiger partial charge >= 0.3 is 0 Å². The molecule has 0 saturated carbocycles. The number of carbonyl (C=O) groups is 2. The maximum absolute atomic E-state index is 14.7.